The SMILES string of the molecule is CCn1cc(Oc2ccncc2CNC(C)C)cn1. The second-order valence-electron chi connectivity index (χ2n) is 4.65. The van der Waals surface area contributed by atoms with E-state index in [1.807, 2.05) is 30.1 Å². The number of aryl methyl sites for hydroxylation is 1. The third kappa shape index (κ3) is 3.79. The molecule has 0 aliphatic carbocycles. The van der Waals surface area contributed by atoms with E-state index >= 15 is 0 Å². The van der Waals surface area contributed by atoms with E-state index in [-0.39, 0.29) is 0 Å². The molecule has 0 bridgehead atoms. The zero-order valence-corrected chi connectivity index (χ0v) is 11.6. The van der Waals surface area contributed by atoms with Crippen LogP contribution >= 0.6 is 0 Å². The lowest BCUT2D eigenvalue weighted by Crippen LogP contribution is -2.22. The molecule has 2 aromatic rings. The maximum atomic E-state index is 5.86. The highest BCUT2D eigenvalue weighted by molar-refractivity contribution is 5.34. The van der Waals surface area contributed by atoms with Gasteiger partial charge in [-0.25, -0.2) is 0 Å². The van der Waals surface area contributed by atoms with Crippen molar-refractivity contribution in [3.05, 3.63) is 36.4 Å². The third-order valence-corrected chi connectivity index (χ3v) is 2.72. The topological polar surface area (TPSA) is 52.0 Å². The van der Waals surface area contributed by atoms with Gasteiger partial charge in [-0.05, 0) is 13.0 Å². The molecular formula is C14H20N4O. The van der Waals surface area contributed by atoms with E-state index in [1.165, 1.54) is 0 Å². The predicted octanol–water partition coefficient (Wildman–Crippen LogP) is 2.59. The van der Waals surface area contributed by atoms with Gasteiger partial charge >= 0.3 is 0 Å². The number of aromatic nitrogens is 3. The maximum Gasteiger partial charge on any atom is 0.165 e. The number of nitrogens with one attached hydrogen (secondary N) is 1. The Bertz CT molecular complexity index is 522. The fraction of sp³-hybridized carbons (Fsp3) is 0.429. The molecule has 0 aromatic carbocycles. The van der Waals surface area contributed by atoms with E-state index in [4.69, 9.17) is 4.74 Å². The lowest BCUT2D eigenvalue weighted by Gasteiger charge is -2.11. The predicted molar refractivity (Wildman–Crippen MR) is 74.2 cm³/mol. The van der Waals surface area contributed by atoms with E-state index in [1.54, 1.807) is 12.4 Å². The summed E-state index contributed by atoms with van der Waals surface area (Å²) in [5, 5.41) is 7.56. The van der Waals surface area contributed by atoms with Gasteiger partial charge in [0.05, 0.1) is 12.4 Å². The molecule has 0 amide bonds. The van der Waals surface area contributed by atoms with Crippen LogP contribution in [-0.2, 0) is 13.1 Å². The number of ether oxygens (including phenoxy) is 1. The van der Waals surface area contributed by atoms with E-state index in [0.29, 0.717) is 6.04 Å². The van der Waals surface area contributed by atoms with Crippen LogP contribution in [0.25, 0.3) is 0 Å². The summed E-state index contributed by atoms with van der Waals surface area (Å²) in [5.74, 6) is 1.57. The van der Waals surface area contributed by atoms with Crippen molar-refractivity contribution in [3.63, 3.8) is 0 Å². The van der Waals surface area contributed by atoms with Crippen molar-refractivity contribution in [1.82, 2.24) is 20.1 Å². The zero-order chi connectivity index (χ0) is 13.7. The molecule has 0 unspecified atom stereocenters. The summed E-state index contributed by atoms with van der Waals surface area (Å²) in [6.45, 7) is 7.84. The Labute approximate surface area is 113 Å². The van der Waals surface area contributed by atoms with Crippen molar-refractivity contribution in [2.75, 3.05) is 0 Å². The van der Waals surface area contributed by atoms with Crippen LogP contribution in [-0.4, -0.2) is 20.8 Å². The lowest BCUT2D eigenvalue weighted by atomic mass is 10.2. The molecule has 5 nitrogen and oxygen atoms in total. The highest BCUT2D eigenvalue weighted by Crippen LogP contribution is 2.24. The highest BCUT2D eigenvalue weighted by atomic mass is 16.5. The molecule has 2 rings (SSSR count). The first-order valence-electron chi connectivity index (χ1n) is 6.55. The second-order valence-corrected chi connectivity index (χ2v) is 4.65. The van der Waals surface area contributed by atoms with Gasteiger partial charge in [0.1, 0.15) is 5.75 Å². The van der Waals surface area contributed by atoms with E-state index < -0.39 is 0 Å². The molecule has 0 aliphatic rings. The average molecular weight is 260 g/mol. The molecule has 102 valence electrons. The smallest absolute Gasteiger partial charge is 0.165 e. The van der Waals surface area contributed by atoms with E-state index in [0.717, 1.165) is 30.2 Å². The monoisotopic (exact) mass is 260 g/mol. The number of hydrogen-bond acceptors (Lipinski definition) is 4. The van der Waals surface area contributed by atoms with Crippen molar-refractivity contribution in [1.29, 1.82) is 0 Å². The van der Waals surface area contributed by atoms with E-state index in [9.17, 15) is 0 Å². The van der Waals surface area contributed by atoms with Crippen molar-refractivity contribution in [2.45, 2.75) is 39.9 Å². The molecule has 0 saturated carbocycles. The minimum atomic E-state index is 0.427. The Morgan fingerprint density at radius 3 is 2.89 bits per heavy atom. The van der Waals surface area contributed by atoms with Gasteiger partial charge in [0.25, 0.3) is 0 Å². The molecule has 0 spiro atoms. The standard InChI is InChI=1S/C14H20N4O/c1-4-18-10-13(9-17-18)19-14-5-6-15-7-12(14)8-16-11(2)3/h5-7,9-11,16H,4,8H2,1-3H3. The van der Waals surface area contributed by atoms with Gasteiger partial charge in [0, 0.05) is 37.1 Å². The van der Waals surface area contributed by atoms with Crippen LogP contribution in [0.1, 0.15) is 26.3 Å². The van der Waals surface area contributed by atoms with Gasteiger partial charge < -0.3 is 10.1 Å². The van der Waals surface area contributed by atoms with Crippen LogP contribution in [0.4, 0.5) is 0 Å². The van der Waals surface area contributed by atoms with Crippen molar-refractivity contribution in [3.8, 4) is 11.5 Å². The van der Waals surface area contributed by atoms with Crippen LogP contribution in [0.2, 0.25) is 0 Å². The van der Waals surface area contributed by atoms with Gasteiger partial charge in [0.2, 0.25) is 0 Å². The van der Waals surface area contributed by atoms with Crippen LogP contribution in [0.5, 0.6) is 11.5 Å². The Hall–Kier alpha value is -1.88. The Morgan fingerprint density at radius 2 is 2.21 bits per heavy atom. The Balaban J connectivity index is 2.10. The molecular weight excluding hydrogens is 240 g/mol. The van der Waals surface area contributed by atoms with Gasteiger partial charge in [-0.1, -0.05) is 13.8 Å². The first-order chi connectivity index (χ1) is 9.19. The molecule has 0 radical (unpaired) electrons. The van der Waals surface area contributed by atoms with Crippen molar-refractivity contribution < 1.29 is 4.74 Å². The Kier molecular flexibility index (Phi) is 4.52. The molecule has 19 heavy (non-hydrogen) atoms. The van der Waals surface area contributed by atoms with Gasteiger partial charge in [-0.15, -0.1) is 0 Å². The Morgan fingerprint density at radius 1 is 1.37 bits per heavy atom. The molecule has 1 N–H and O–H groups in total. The highest BCUT2D eigenvalue weighted by Gasteiger charge is 2.07. The fourth-order valence-electron chi connectivity index (χ4n) is 1.66. The lowest BCUT2D eigenvalue weighted by molar-refractivity contribution is 0.467. The normalized spacial score (nSPS) is 10.9. The molecule has 2 aromatic heterocycles. The molecule has 2 heterocycles. The molecule has 5 heteroatoms. The van der Waals surface area contributed by atoms with Gasteiger partial charge in [-0.3, -0.25) is 9.67 Å². The summed E-state index contributed by atoms with van der Waals surface area (Å²) in [4.78, 5) is 4.15. The zero-order valence-electron chi connectivity index (χ0n) is 11.6. The van der Waals surface area contributed by atoms with Crippen LogP contribution in [0.3, 0.4) is 0 Å². The number of rotatable bonds is 6. The van der Waals surface area contributed by atoms with E-state index in [2.05, 4.69) is 29.2 Å². The molecule has 0 saturated heterocycles. The summed E-state index contributed by atoms with van der Waals surface area (Å²) in [6, 6.07) is 2.30. The minimum absolute atomic E-state index is 0.427. The van der Waals surface area contributed by atoms with Gasteiger partial charge in [0.15, 0.2) is 5.75 Å². The average Bonchev–Trinajstić information content (AvgIpc) is 2.85. The van der Waals surface area contributed by atoms with Crippen LogP contribution < -0.4 is 10.1 Å². The van der Waals surface area contributed by atoms with Gasteiger partial charge in [-0.2, -0.15) is 5.10 Å². The third-order valence-electron chi connectivity index (χ3n) is 2.72. The molecule has 0 aliphatic heterocycles. The summed E-state index contributed by atoms with van der Waals surface area (Å²) < 4.78 is 7.70. The number of pyridine rings is 1. The first-order valence-corrected chi connectivity index (χ1v) is 6.55. The summed E-state index contributed by atoms with van der Waals surface area (Å²) in [7, 11) is 0. The second kappa shape index (κ2) is 6.33. The fourth-order valence-corrected chi connectivity index (χ4v) is 1.66. The van der Waals surface area contributed by atoms with Crippen LogP contribution in [0.15, 0.2) is 30.9 Å². The number of nitrogens with zero attached hydrogens (tertiary/aromatic N) is 3. The summed E-state index contributed by atoms with van der Waals surface area (Å²) in [5.41, 5.74) is 1.04. The first kappa shape index (κ1) is 13.5. The largest absolute Gasteiger partial charge is 0.454 e. The van der Waals surface area contributed by atoms with Crippen molar-refractivity contribution in [2.24, 2.45) is 0 Å². The molecule has 0 fully saturated rings. The minimum Gasteiger partial charge on any atom is -0.454 e. The molecule has 0 atom stereocenters. The van der Waals surface area contributed by atoms with Crippen LogP contribution in [0, 0.1) is 0 Å². The quantitative estimate of drug-likeness (QED) is 0.867. The summed E-state index contributed by atoms with van der Waals surface area (Å²) in [6.07, 6.45) is 7.18. The summed E-state index contributed by atoms with van der Waals surface area (Å²) >= 11 is 0. The maximum absolute atomic E-state index is 5.86. The van der Waals surface area contributed by atoms with Crippen molar-refractivity contribution >= 4 is 0 Å². The number of hydrogen-bond donors (Lipinski definition) is 1.